The maximum Gasteiger partial charge on any atom is 0.192 e. The fourth-order valence-electron chi connectivity index (χ4n) is 1.89. The van der Waals surface area contributed by atoms with Crippen molar-refractivity contribution in [1.82, 2.24) is 0 Å². The average molecular weight is 359 g/mol. The van der Waals surface area contributed by atoms with E-state index in [0.29, 0.717) is 6.42 Å². The van der Waals surface area contributed by atoms with Gasteiger partial charge in [0, 0.05) is 10.9 Å². The first-order valence-corrected chi connectivity index (χ1v) is 11.1. The Labute approximate surface area is 132 Å². The zero-order chi connectivity index (χ0) is 15.6. The highest BCUT2D eigenvalue weighted by Gasteiger charge is 2.40. The van der Waals surface area contributed by atoms with E-state index in [9.17, 15) is 4.79 Å². The van der Waals surface area contributed by atoms with Crippen molar-refractivity contribution in [1.29, 1.82) is 0 Å². The van der Waals surface area contributed by atoms with Gasteiger partial charge in [0.2, 0.25) is 0 Å². The summed E-state index contributed by atoms with van der Waals surface area (Å²) in [6, 6.07) is 0. The Kier molecular flexibility index (Phi) is 5.99. The van der Waals surface area contributed by atoms with E-state index in [1.165, 1.54) is 4.48 Å². The van der Waals surface area contributed by atoms with E-state index in [1.807, 2.05) is 13.0 Å². The van der Waals surface area contributed by atoms with Crippen LogP contribution >= 0.6 is 15.9 Å². The van der Waals surface area contributed by atoms with Crippen LogP contribution in [-0.2, 0) is 9.22 Å². The van der Waals surface area contributed by atoms with Crippen molar-refractivity contribution in [3.63, 3.8) is 0 Å². The highest BCUT2D eigenvalue weighted by atomic mass is 79.9. The van der Waals surface area contributed by atoms with Gasteiger partial charge in [0.05, 0.1) is 6.10 Å². The minimum Gasteiger partial charge on any atom is -0.410 e. The van der Waals surface area contributed by atoms with Gasteiger partial charge in [-0.2, -0.15) is 0 Å². The molecule has 0 aliphatic heterocycles. The topological polar surface area (TPSA) is 26.3 Å². The summed E-state index contributed by atoms with van der Waals surface area (Å²) in [7, 11) is -1.78. The Morgan fingerprint density at radius 3 is 2.55 bits per heavy atom. The van der Waals surface area contributed by atoms with Crippen LogP contribution in [0.3, 0.4) is 0 Å². The molecular weight excluding hydrogens is 332 g/mol. The van der Waals surface area contributed by atoms with Crippen LogP contribution in [-0.4, -0.2) is 20.2 Å². The van der Waals surface area contributed by atoms with Gasteiger partial charge in [-0.15, -0.1) is 0 Å². The summed E-state index contributed by atoms with van der Waals surface area (Å²) in [5.74, 6) is 0.163. The molecule has 0 fully saturated rings. The van der Waals surface area contributed by atoms with Gasteiger partial charge in [-0.1, -0.05) is 49.7 Å². The fraction of sp³-hybridized carbons (Fsp3) is 0.688. The van der Waals surface area contributed by atoms with Gasteiger partial charge in [-0.25, -0.2) is 0 Å². The molecule has 0 saturated carbocycles. The van der Waals surface area contributed by atoms with Gasteiger partial charge >= 0.3 is 0 Å². The first-order chi connectivity index (χ1) is 9.08. The summed E-state index contributed by atoms with van der Waals surface area (Å²) in [4.78, 5) is 11.5. The first kappa shape index (κ1) is 17.9. The molecule has 0 amide bonds. The standard InChI is InChI=1S/C16H27BrO2Si/c1-7-12(18)8-9-13-14(17)10-11-15(13)19-20(5,6)16(2,3)4/h8-9,15H,7,10-11H2,1-6H3/b9-8+. The summed E-state index contributed by atoms with van der Waals surface area (Å²) in [5.41, 5.74) is 1.15. The molecule has 1 aliphatic rings. The van der Waals surface area contributed by atoms with Crippen LogP contribution in [0.15, 0.2) is 22.2 Å². The van der Waals surface area contributed by atoms with Gasteiger partial charge < -0.3 is 4.43 Å². The Hall–Kier alpha value is -0.193. The molecule has 1 atom stereocenters. The number of hydrogen-bond donors (Lipinski definition) is 0. The Bertz CT molecular complexity index is 430. The molecule has 0 aromatic heterocycles. The zero-order valence-corrected chi connectivity index (χ0v) is 16.1. The molecular formula is C16H27BrO2Si. The smallest absolute Gasteiger partial charge is 0.192 e. The lowest BCUT2D eigenvalue weighted by Crippen LogP contribution is -2.43. The molecule has 0 spiro atoms. The van der Waals surface area contributed by atoms with Gasteiger partial charge in [0.25, 0.3) is 0 Å². The van der Waals surface area contributed by atoms with Crippen LogP contribution in [0.5, 0.6) is 0 Å². The number of halogens is 1. The van der Waals surface area contributed by atoms with Gasteiger partial charge in [-0.05, 0) is 42.6 Å². The van der Waals surface area contributed by atoms with Gasteiger partial charge in [0.15, 0.2) is 14.1 Å². The highest BCUT2D eigenvalue weighted by molar-refractivity contribution is 9.11. The summed E-state index contributed by atoms with van der Waals surface area (Å²) < 4.78 is 7.68. The van der Waals surface area contributed by atoms with Crippen molar-refractivity contribution in [2.45, 2.75) is 71.2 Å². The molecule has 114 valence electrons. The van der Waals surface area contributed by atoms with E-state index in [2.05, 4.69) is 49.8 Å². The van der Waals surface area contributed by atoms with Gasteiger partial charge in [-0.3, -0.25) is 4.79 Å². The number of ketones is 1. The molecule has 1 aliphatic carbocycles. The van der Waals surface area contributed by atoms with Crippen LogP contribution < -0.4 is 0 Å². The average Bonchev–Trinajstić information content (AvgIpc) is 2.65. The van der Waals surface area contributed by atoms with Crippen molar-refractivity contribution in [3.8, 4) is 0 Å². The van der Waals surface area contributed by atoms with Crippen LogP contribution in [0.25, 0.3) is 0 Å². The van der Waals surface area contributed by atoms with E-state index in [4.69, 9.17) is 4.43 Å². The maximum absolute atomic E-state index is 11.5. The van der Waals surface area contributed by atoms with E-state index >= 15 is 0 Å². The van der Waals surface area contributed by atoms with Crippen LogP contribution in [0.2, 0.25) is 18.1 Å². The van der Waals surface area contributed by atoms with Gasteiger partial charge in [0.1, 0.15) is 0 Å². The number of carbonyl (C=O) groups excluding carboxylic acids is 1. The molecule has 1 unspecified atom stereocenters. The predicted octanol–water partition coefficient (Wildman–Crippen LogP) is 5.35. The fourth-order valence-corrected chi connectivity index (χ4v) is 3.81. The van der Waals surface area contributed by atoms with Crippen molar-refractivity contribution in [2.24, 2.45) is 0 Å². The normalized spacial score (nSPS) is 21.1. The van der Waals surface area contributed by atoms with Crippen molar-refractivity contribution in [2.75, 3.05) is 0 Å². The lowest BCUT2D eigenvalue weighted by Gasteiger charge is -2.38. The summed E-state index contributed by atoms with van der Waals surface area (Å²) in [6.45, 7) is 13.2. The van der Waals surface area contributed by atoms with Crippen molar-refractivity contribution < 1.29 is 9.22 Å². The maximum atomic E-state index is 11.5. The highest BCUT2D eigenvalue weighted by Crippen LogP contribution is 2.42. The third kappa shape index (κ3) is 4.40. The molecule has 0 aromatic rings. The molecule has 0 aromatic carbocycles. The second-order valence-corrected chi connectivity index (χ2v) is 12.6. The van der Waals surface area contributed by atoms with E-state index in [0.717, 1.165) is 18.4 Å². The number of hydrogen-bond acceptors (Lipinski definition) is 2. The summed E-state index contributed by atoms with van der Waals surface area (Å²) in [5, 5.41) is 0.204. The first-order valence-electron chi connectivity index (χ1n) is 7.35. The lowest BCUT2D eigenvalue weighted by molar-refractivity contribution is -0.114. The summed E-state index contributed by atoms with van der Waals surface area (Å²) in [6.07, 6.45) is 6.32. The quantitative estimate of drug-likeness (QED) is 0.488. The zero-order valence-electron chi connectivity index (χ0n) is 13.5. The Morgan fingerprint density at radius 2 is 2.05 bits per heavy atom. The molecule has 0 N–H and O–H groups in total. The largest absolute Gasteiger partial charge is 0.410 e. The third-order valence-electron chi connectivity index (χ3n) is 4.33. The van der Waals surface area contributed by atoms with E-state index in [-0.39, 0.29) is 16.9 Å². The van der Waals surface area contributed by atoms with Crippen molar-refractivity contribution in [3.05, 3.63) is 22.2 Å². The molecule has 4 heteroatoms. The van der Waals surface area contributed by atoms with Crippen LogP contribution in [0.1, 0.15) is 47.0 Å². The van der Waals surface area contributed by atoms with Crippen molar-refractivity contribution >= 4 is 30.0 Å². The lowest BCUT2D eigenvalue weighted by atomic mass is 10.1. The second-order valence-electron chi connectivity index (χ2n) is 6.92. The SMILES string of the molecule is CCC(=O)/C=C/C1=C(Br)CCC1O[Si](C)(C)C(C)(C)C. The minimum atomic E-state index is -1.78. The molecule has 20 heavy (non-hydrogen) atoms. The second kappa shape index (κ2) is 6.71. The Morgan fingerprint density at radius 1 is 1.45 bits per heavy atom. The van der Waals surface area contributed by atoms with E-state index in [1.54, 1.807) is 6.08 Å². The molecule has 0 bridgehead atoms. The molecule has 2 nitrogen and oxygen atoms in total. The minimum absolute atomic E-state index is 0.131. The van der Waals surface area contributed by atoms with E-state index < -0.39 is 8.32 Å². The number of rotatable bonds is 5. The number of carbonyl (C=O) groups is 1. The Balaban J connectivity index is 2.87. The van der Waals surface area contributed by atoms with Crippen LogP contribution in [0, 0.1) is 0 Å². The monoisotopic (exact) mass is 358 g/mol. The van der Waals surface area contributed by atoms with Crippen LogP contribution in [0.4, 0.5) is 0 Å². The molecule has 0 saturated heterocycles. The number of allylic oxidation sites excluding steroid dienone is 2. The molecule has 0 radical (unpaired) electrons. The predicted molar refractivity (Wildman–Crippen MR) is 91.7 cm³/mol. The summed E-state index contributed by atoms with van der Waals surface area (Å²) >= 11 is 3.63. The third-order valence-corrected chi connectivity index (χ3v) is 9.67. The molecule has 1 rings (SSSR count). The molecule has 0 heterocycles.